The van der Waals surface area contributed by atoms with Crippen molar-refractivity contribution in [1.82, 2.24) is 15.5 Å². The van der Waals surface area contributed by atoms with E-state index >= 15 is 0 Å². The molecule has 0 aliphatic rings. The molecule has 242 valence electrons. The van der Waals surface area contributed by atoms with E-state index in [0.29, 0.717) is 28.2 Å². The lowest BCUT2D eigenvalue weighted by Gasteiger charge is -2.19. The van der Waals surface area contributed by atoms with Crippen molar-refractivity contribution in [3.63, 3.8) is 0 Å². The summed E-state index contributed by atoms with van der Waals surface area (Å²) in [6.45, 7) is 7.15. The first-order valence-corrected chi connectivity index (χ1v) is 14.8. The smallest absolute Gasteiger partial charge is 0.412 e. The second-order valence-electron chi connectivity index (χ2n) is 11.6. The van der Waals surface area contributed by atoms with Gasteiger partial charge in [0.05, 0.1) is 5.56 Å². The molecule has 0 radical (unpaired) electrons. The van der Waals surface area contributed by atoms with Gasteiger partial charge >= 0.3 is 12.1 Å². The molecule has 0 spiro atoms. The van der Waals surface area contributed by atoms with Crippen LogP contribution in [0.1, 0.15) is 42.5 Å². The summed E-state index contributed by atoms with van der Waals surface area (Å²) in [5.41, 5.74) is 2.71. The third-order valence-electron chi connectivity index (χ3n) is 6.80. The zero-order valence-corrected chi connectivity index (χ0v) is 26.5. The number of hydrogen-bond acceptors (Lipinski definition) is 8. The quantitative estimate of drug-likeness (QED) is 0.145. The van der Waals surface area contributed by atoms with Crippen LogP contribution in [-0.4, -0.2) is 44.9 Å². The number of ether oxygens (including phenoxy) is 1. The highest BCUT2D eigenvalue weighted by molar-refractivity contribution is 6.30. The number of nitrogens with zero attached hydrogens (tertiary/aromatic N) is 2. The molecule has 0 aliphatic heterocycles. The molecule has 3 aromatic carbocycles. The van der Waals surface area contributed by atoms with Crippen molar-refractivity contribution in [2.75, 3.05) is 5.32 Å². The second kappa shape index (κ2) is 13.5. The highest BCUT2D eigenvalue weighted by atomic mass is 35.5. The molecule has 2 amide bonds. The summed E-state index contributed by atoms with van der Waals surface area (Å²) < 4.78 is 30.5. The number of halogens is 2. The van der Waals surface area contributed by atoms with E-state index in [-0.39, 0.29) is 34.4 Å². The Balaban J connectivity index is 1.24. The number of aromatic nitrogens is 2. The van der Waals surface area contributed by atoms with Gasteiger partial charge in [0.1, 0.15) is 23.2 Å². The highest BCUT2D eigenvalue weighted by Crippen LogP contribution is 2.28. The van der Waals surface area contributed by atoms with E-state index in [1.807, 2.05) is 6.92 Å². The van der Waals surface area contributed by atoms with Crippen LogP contribution in [0.5, 0.6) is 0 Å². The molecule has 5 rings (SSSR count). The standard InChI is InChI=1S/C34H30ClFN4O7/c1-18-15-19(16-26(32(42)43)38-30(41)28-14-13-27(45-28)24-12-8-21(35)17-25(24)36)5-11-23(18)29-39-31(47-40-29)20-6-9-22(10-7-20)37-33(44)46-34(2,3)4/h5-15,17,26H,16H2,1-4H3,(H,37,44)(H,38,41)(H,42,43)/t26-/m1/s1. The lowest BCUT2D eigenvalue weighted by molar-refractivity contribution is -0.139. The minimum Gasteiger partial charge on any atom is -0.480 e. The van der Waals surface area contributed by atoms with Crippen LogP contribution in [0.2, 0.25) is 5.02 Å². The number of aryl methyl sites for hydroxylation is 1. The normalized spacial score (nSPS) is 12.0. The fourth-order valence-corrected chi connectivity index (χ4v) is 4.79. The number of carbonyl (C=O) groups is 3. The van der Waals surface area contributed by atoms with Crippen molar-refractivity contribution in [3.8, 4) is 34.2 Å². The molecular weight excluding hydrogens is 631 g/mol. The van der Waals surface area contributed by atoms with E-state index in [0.717, 1.165) is 11.6 Å². The average molecular weight is 661 g/mol. The van der Waals surface area contributed by atoms with Gasteiger partial charge in [0, 0.05) is 28.3 Å². The Morgan fingerprint density at radius 2 is 1.72 bits per heavy atom. The van der Waals surface area contributed by atoms with Crippen LogP contribution in [0.15, 0.2) is 81.7 Å². The SMILES string of the molecule is Cc1cc(C[C@@H](NC(=O)c2ccc(-c3ccc(Cl)cc3F)o2)C(=O)O)ccc1-c1noc(-c2ccc(NC(=O)OC(C)(C)C)cc2)n1. The predicted molar refractivity (Wildman–Crippen MR) is 171 cm³/mol. The third-order valence-corrected chi connectivity index (χ3v) is 7.04. The monoisotopic (exact) mass is 660 g/mol. The molecular formula is C34H30ClFN4O7. The summed E-state index contributed by atoms with van der Waals surface area (Å²) >= 11 is 5.80. The van der Waals surface area contributed by atoms with Gasteiger partial charge in [0.15, 0.2) is 5.76 Å². The molecule has 0 saturated heterocycles. The van der Waals surface area contributed by atoms with E-state index in [1.54, 1.807) is 63.2 Å². The van der Waals surface area contributed by atoms with Crippen LogP contribution in [0.25, 0.3) is 34.2 Å². The first-order chi connectivity index (χ1) is 22.3. The van der Waals surface area contributed by atoms with Crippen LogP contribution in [-0.2, 0) is 16.0 Å². The van der Waals surface area contributed by atoms with E-state index in [1.165, 1.54) is 24.3 Å². The van der Waals surface area contributed by atoms with Crippen LogP contribution in [0.4, 0.5) is 14.9 Å². The highest BCUT2D eigenvalue weighted by Gasteiger charge is 2.24. The average Bonchev–Trinajstić information content (AvgIpc) is 3.67. The minimum absolute atomic E-state index is 0.0251. The van der Waals surface area contributed by atoms with Crippen molar-refractivity contribution in [2.45, 2.75) is 45.8 Å². The van der Waals surface area contributed by atoms with Crippen LogP contribution in [0.3, 0.4) is 0 Å². The Hall–Kier alpha value is -5.49. The maximum absolute atomic E-state index is 14.3. The van der Waals surface area contributed by atoms with Crippen molar-refractivity contribution < 1.29 is 37.6 Å². The van der Waals surface area contributed by atoms with Gasteiger partial charge in [-0.25, -0.2) is 14.0 Å². The third kappa shape index (κ3) is 8.22. The number of nitrogens with one attached hydrogen (secondary N) is 2. The predicted octanol–water partition coefficient (Wildman–Crippen LogP) is 7.54. The molecule has 3 N–H and O–H groups in total. The van der Waals surface area contributed by atoms with Crippen molar-refractivity contribution in [3.05, 3.63) is 101 Å². The van der Waals surface area contributed by atoms with Crippen LogP contribution in [0, 0.1) is 12.7 Å². The molecule has 5 aromatic rings. The molecule has 13 heteroatoms. The summed E-state index contributed by atoms with van der Waals surface area (Å²) in [4.78, 5) is 41.4. The fraction of sp³-hybridized carbons (Fsp3) is 0.206. The fourth-order valence-electron chi connectivity index (χ4n) is 4.63. The van der Waals surface area contributed by atoms with Crippen molar-refractivity contribution >= 4 is 35.3 Å². The number of rotatable bonds is 9. The summed E-state index contributed by atoms with van der Waals surface area (Å²) in [6.07, 6.45) is -0.594. The Kier molecular flexibility index (Phi) is 9.43. The Morgan fingerprint density at radius 3 is 2.38 bits per heavy atom. The molecule has 0 unspecified atom stereocenters. The molecule has 1 atom stereocenters. The van der Waals surface area contributed by atoms with E-state index in [2.05, 4.69) is 20.8 Å². The minimum atomic E-state index is -1.28. The van der Waals surface area contributed by atoms with Gasteiger partial charge in [0.2, 0.25) is 5.82 Å². The van der Waals surface area contributed by atoms with Gasteiger partial charge in [-0.2, -0.15) is 4.98 Å². The summed E-state index contributed by atoms with van der Waals surface area (Å²) in [5.74, 6) is -2.12. The number of hydrogen-bond donors (Lipinski definition) is 3. The lowest BCUT2D eigenvalue weighted by atomic mass is 9.99. The van der Waals surface area contributed by atoms with Gasteiger partial charge in [0.25, 0.3) is 11.8 Å². The first kappa shape index (κ1) is 32.9. The maximum atomic E-state index is 14.3. The van der Waals surface area contributed by atoms with E-state index in [4.69, 9.17) is 25.3 Å². The molecule has 2 heterocycles. The Labute approximate surface area is 273 Å². The number of anilines is 1. The molecule has 0 aliphatic carbocycles. The van der Waals surface area contributed by atoms with Crippen LogP contribution < -0.4 is 10.6 Å². The number of carboxylic acids is 1. The zero-order valence-electron chi connectivity index (χ0n) is 25.8. The van der Waals surface area contributed by atoms with Crippen LogP contribution >= 0.6 is 11.6 Å². The number of furan rings is 1. The van der Waals surface area contributed by atoms with Crippen molar-refractivity contribution in [1.29, 1.82) is 0 Å². The number of aliphatic carboxylic acids is 1. The summed E-state index contributed by atoms with van der Waals surface area (Å²) in [7, 11) is 0. The number of carbonyl (C=O) groups excluding carboxylic acids is 2. The molecule has 0 saturated carbocycles. The van der Waals surface area contributed by atoms with Gasteiger partial charge in [-0.1, -0.05) is 35.0 Å². The Bertz CT molecular complexity index is 1950. The topological polar surface area (TPSA) is 157 Å². The number of amides is 2. The molecule has 2 aromatic heterocycles. The Morgan fingerprint density at radius 1 is 1.00 bits per heavy atom. The largest absolute Gasteiger partial charge is 0.480 e. The van der Waals surface area contributed by atoms with E-state index < -0.39 is 35.4 Å². The molecule has 47 heavy (non-hydrogen) atoms. The molecule has 0 bridgehead atoms. The zero-order chi connectivity index (χ0) is 33.9. The van der Waals surface area contributed by atoms with Gasteiger partial charge in [-0.15, -0.1) is 0 Å². The lowest BCUT2D eigenvalue weighted by Crippen LogP contribution is -2.42. The van der Waals surface area contributed by atoms with Gasteiger partial charge in [-0.05, 0) is 93.4 Å². The maximum Gasteiger partial charge on any atom is 0.412 e. The number of benzene rings is 3. The summed E-state index contributed by atoms with van der Waals surface area (Å²) in [5, 5.41) is 19.3. The second-order valence-corrected chi connectivity index (χ2v) is 12.1. The summed E-state index contributed by atoms with van der Waals surface area (Å²) in [6, 6.07) is 17.6. The van der Waals surface area contributed by atoms with Gasteiger partial charge in [-0.3, -0.25) is 10.1 Å². The molecule has 11 nitrogen and oxygen atoms in total. The van der Waals surface area contributed by atoms with Gasteiger partial charge < -0.3 is 24.1 Å². The number of carboxylic acid groups (broad SMARTS) is 1. The first-order valence-electron chi connectivity index (χ1n) is 14.4. The van der Waals surface area contributed by atoms with Crippen molar-refractivity contribution in [2.24, 2.45) is 0 Å². The van der Waals surface area contributed by atoms with E-state index in [9.17, 15) is 23.9 Å². The molecule has 0 fully saturated rings.